The molecule has 4 fully saturated rings. The molecule has 1 amide bonds. The van der Waals surface area contributed by atoms with Gasteiger partial charge in [0.1, 0.15) is 0 Å². The third kappa shape index (κ3) is 3.13. The molecule has 7 nitrogen and oxygen atoms in total. The van der Waals surface area contributed by atoms with Gasteiger partial charge in [-0.25, -0.2) is 0 Å². The molecule has 0 aliphatic heterocycles. The first-order chi connectivity index (χ1) is 13.5. The fraction of sp³-hybridized carbons (Fsp3) is 0.524. The number of hydrogen-bond acceptors (Lipinski definition) is 6. The van der Waals surface area contributed by atoms with E-state index in [1.165, 1.54) is 0 Å². The van der Waals surface area contributed by atoms with Crippen LogP contribution in [0.5, 0.6) is 0 Å². The second-order valence-corrected chi connectivity index (χ2v) is 8.84. The zero-order valence-electron chi connectivity index (χ0n) is 15.7. The molecule has 4 saturated carbocycles. The molecule has 4 aliphatic rings. The fourth-order valence-electron chi connectivity index (χ4n) is 5.92. The minimum atomic E-state index is -0.483. The lowest BCUT2D eigenvalue weighted by atomic mass is 9.52. The Balaban J connectivity index is 1.42. The predicted molar refractivity (Wildman–Crippen MR) is 104 cm³/mol. The SMILES string of the molecule is NC(=O)c1cnc(Cc2cccnn2)cc1NC1[C@@H]2CC3C[C@H]1CC(O)(C3)C2. The molecule has 28 heavy (non-hydrogen) atoms. The van der Waals surface area contributed by atoms with Gasteiger partial charge in [0.25, 0.3) is 5.91 Å². The maximum absolute atomic E-state index is 12.0. The molecular formula is C21H25N5O2. The van der Waals surface area contributed by atoms with Crippen LogP contribution in [0.3, 0.4) is 0 Å². The topological polar surface area (TPSA) is 114 Å². The van der Waals surface area contributed by atoms with Gasteiger partial charge in [0.05, 0.1) is 22.5 Å². The largest absolute Gasteiger partial charge is 0.390 e. The minimum absolute atomic E-state index is 0.265. The molecular weight excluding hydrogens is 354 g/mol. The highest BCUT2D eigenvalue weighted by Gasteiger charge is 2.54. The number of pyridine rings is 1. The van der Waals surface area contributed by atoms with Crippen LogP contribution in [0.2, 0.25) is 0 Å². The van der Waals surface area contributed by atoms with Gasteiger partial charge in [-0.2, -0.15) is 10.2 Å². The highest BCUT2D eigenvalue weighted by Crippen LogP contribution is 2.56. The number of hydrogen-bond donors (Lipinski definition) is 3. The molecule has 4 bridgehead atoms. The second-order valence-electron chi connectivity index (χ2n) is 8.84. The first kappa shape index (κ1) is 17.6. The van der Waals surface area contributed by atoms with Crippen molar-refractivity contribution in [3.8, 4) is 0 Å². The van der Waals surface area contributed by atoms with E-state index < -0.39 is 11.5 Å². The third-order valence-electron chi connectivity index (χ3n) is 6.78. The van der Waals surface area contributed by atoms with Gasteiger partial charge in [0.15, 0.2) is 0 Å². The molecule has 6 rings (SSSR count). The monoisotopic (exact) mass is 379 g/mol. The van der Waals surface area contributed by atoms with Crippen molar-refractivity contribution in [2.45, 2.75) is 50.2 Å². The van der Waals surface area contributed by atoms with Crippen molar-refractivity contribution in [3.63, 3.8) is 0 Å². The number of carbonyl (C=O) groups excluding carboxylic acids is 1. The summed E-state index contributed by atoms with van der Waals surface area (Å²) in [5.41, 5.74) is 7.92. The van der Waals surface area contributed by atoms with Gasteiger partial charge in [-0.3, -0.25) is 9.78 Å². The molecule has 2 aromatic rings. The quantitative estimate of drug-likeness (QED) is 0.731. The number of primary amides is 1. The Kier molecular flexibility index (Phi) is 4.08. The molecule has 2 heterocycles. The molecule has 0 saturated heterocycles. The number of nitrogens with two attached hydrogens (primary N) is 1. The van der Waals surface area contributed by atoms with Crippen molar-refractivity contribution in [1.29, 1.82) is 0 Å². The number of nitrogens with one attached hydrogen (secondary N) is 1. The fourth-order valence-corrected chi connectivity index (χ4v) is 5.92. The Morgan fingerprint density at radius 3 is 2.68 bits per heavy atom. The van der Waals surface area contributed by atoms with E-state index in [0.29, 0.717) is 29.7 Å². The summed E-state index contributed by atoms with van der Waals surface area (Å²) in [5.74, 6) is 1.03. The van der Waals surface area contributed by atoms with Gasteiger partial charge in [0.2, 0.25) is 0 Å². The second kappa shape index (κ2) is 6.51. The Bertz CT molecular complexity index is 887. The van der Waals surface area contributed by atoms with Crippen molar-refractivity contribution >= 4 is 11.6 Å². The van der Waals surface area contributed by atoms with E-state index in [1.54, 1.807) is 12.4 Å². The maximum Gasteiger partial charge on any atom is 0.252 e. The Morgan fingerprint density at radius 1 is 1.25 bits per heavy atom. The van der Waals surface area contributed by atoms with Gasteiger partial charge >= 0.3 is 0 Å². The Labute approximate surface area is 163 Å². The molecule has 3 unspecified atom stereocenters. The van der Waals surface area contributed by atoms with Gasteiger partial charge < -0.3 is 16.2 Å². The molecule has 7 heteroatoms. The van der Waals surface area contributed by atoms with E-state index in [1.807, 2.05) is 18.2 Å². The number of nitrogens with zero attached hydrogens (tertiary/aromatic N) is 3. The number of aromatic nitrogens is 3. The van der Waals surface area contributed by atoms with Crippen molar-refractivity contribution < 1.29 is 9.90 Å². The van der Waals surface area contributed by atoms with Crippen molar-refractivity contribution in [2.75, 3.05) is 5.32 Å². The molecule has 4 aliphatic carbocycles. The first-order valence-corrected chi connectivity index (χ1v) is 10.0. The van der Waals surface area contributed by atoms with Crippen molar-refractivity contribution in [3.05, 3.63) is 47.5 Å². The summed E-state index contributed by atoms with van der Waals surface area (Å²) in [7, 11) is 0. The zero-order valence-corrected chi connectivity index (χ0v) is 15.7. The molecule has 0 spiro atoms. The van der Waals surface area contributed by atoms with Crippen LogP contribution in [0.4, 0.5) is 5.69 Å². The molecule has 0 radical (unpaired) electrons. The van der Waals surface area contributed by atoms with E-state index in [9.17, 15) is 9.90 Å². The number of carbonyl (C=O) groups is 1. The molecule has 2 aromatic heterocycles. The van der Waals surface area contributed by atoms with E-state index in [-0.39, 0.29) is 6.04 Å². The van der Waals surface area contributed by atoms with Crippen LogP contribution in [-0.2, 0) is 6.42 Å². The van der Waals surface area contributed by atoms with Gasteiger partial charge in [-0.05, 0) is 68.1 Å². The van der Waals surface area contributed by atoms with Crippen LogP contribution in [0.1, 0.15) is 53.8 Å². The van der Waals surface area contributed by atoms with Crippen LogP contribution >= 0.6 is 0 Å². The van der Waals surface area contributed by atoms with E-state index in [2.05, 4.69) is 20.5 Å². The highest BCUT2D eigenvalue weighted by atomic mass is 16.3. The molecule has 5 atom stereocenters. The van der Waals surface area contributed by atoms with Gasteiger partial charge in [0, 0.05) is 30.6 Å². The number of amides is 1. The molecule has 0 aromatic carbocycles. The normalized spacial score (nSPS) is 33.0. The van der Waals surface area contributed by atoms with Gasteiger partial charge in [-0.1, -0.05) is 0 Å². The predicted octanol–water partition coefficient (Wildman–Crippen LogP) is 1.91. The van der Waals surface area contributed by atoms with Crippen LogP contribution in [-0.4, -0.2) is 37.8 Å². The zero-order chi connectivity index (χ0) is 19.3. The first-order valence-electron chi connectivity index (χ1n) is 10.0. The smallest absolute Gasteiger partial charge is 0.252 e. The average Bonchev–Trinajstić information content (AvgIpc) is 2.64. The van der Waals surface area contributed by atoms with E-state index >= 15 is 0 Å². The lowest BCUT2D eigenvalue weighted by molar-refractivity contribution is -0.129. The highest BCUT2D eigenvalue weighted by molar-refractivity contribution is 5.98. The van der Waals surface area contributed by atoms with Crippen molar-refractivity contribution in [2.24, 2.45) is 23.5 Å². The molecule has 146 valence electrons. The van der Waals surface area contributed by atoms with Crippen LogP contribution < -0.4 is 11.1 Å². The summed E-state index contributed by atoms with van der Waals surface area (Å²) < 4.78 is 0. The van der Waals surface area contributed by atoms with Crippen LogP contribution in [0.15, 0.2) is 30.6 Å². The standard InChI is InChI=1S/C21H25N5O2/c22-20(27)17-11-23-16(6-15-2-1-3-24-26-15)7-18(17)25-19-13-4-12-5-14(19)10-21(28,8-12)9-13/h1-3,7,11-14,19,28H,4-6,8-10H2,(H2,22,27)(H,23,25)/t12?,13-,14+,19?,21?. The van der Waals surface area contributed by atoms with Gasteiger partial charge in [-0.15, -0.1) is 0 Å². The van der Waals surface area contributed by atoms with Crippen LogP contribution in [0, 0.1) is 17.8 Å². The third-order valence-corrected chi connectivity index (χ3v) is 6.78. The summed E-state index contributed by atoms with van der Waals surface area (Å²) in [6, 6.07) is 5.93. The number of aliphatic hydroxyl groups is 1. The molecule has 4 N–H and O–H groups in total. The van der Waals surface area contributed by atoms with E-state index in [4.69, 9.17) is 5.73 Å². The summed E-state index contributed by atoms with van der Waals surface area (Å²) >= 11 is 0. The maximum atomic E-state index is 12.0. The lowest BCUT2D eigenvalue weighted by Gasteiger charge is -2.58. The summed E-state index contributed by atoms with van der Waals surface area (Å²) in [6.07, 6.45) is 8.69. The van der Waals surface area contributed by atoms with Crippen molar-refractivity contribution in [1.82, 2.24) is 15.2 Å². The minimum Gasteiger partial charge on any atom is -0.390 e. The average molecular weight is 379 g/mol. The Morgan fingerprint density at radius 2 is 2.04 bits per heavy atom. The number of rotatable bonds is 5. The van der Waals surface area contributed by atoms with E-state index in [0.717, 1.165) is 49.2 Å². The Hall–Kier alpha value is -2.54. The number of anilines is 1. The summed E-state index contributed by atoms with van der Waals surface area (Å²) in [4.78, 5) is 16.4. The van der Waals surface area contributed by atoms with Crippen LogP contribution in [0.25, 0.3) is 0 Å². The summed E-state index contributed by atoms with van der Waals surface area (Å²) in [6.45, 7) is 0. The summed E-state index contributed by atoms with van der Waals surface area (Å²) in [5, 5.41) is 22.5. The lowest BCUT2D eigenvalue weighted by Crippen LogP contribution is -2.59.